The lowest BCUT2D eigenvalue weighted by molar-refractivity contribution is 0.131. The van der Waals surface area contributed by atoms with E-state index >= 15 is 0 Å². The van der Waals surface area contributed by atoms with Crippen molar-refractivity contribution in [2.75, 3.05) is 26.2 Å². The SMILES string of the molecule is O=C(NCc1ccc(Cl)cc1)N1CCCN(C2CCC2)CC1. The zero-order valence-corrected chi connectivity index (χ0v) is 13.7. The molecule has 3 rings (SSSR count). The summed E-state index contributed by atoms with van der Waals surface area (Å²) >= 11 is 5.87. The lowest BCUT2D eigenvalue weighted by atomic mass is 9.91. The first kappa shape index (κ1) is 15.6. The number of rotatable bonds is 3. The third kappa shape index (κ3) is 3.93. The predicted octanol–water partition coefficient (Wildman–Crippen LogP) is 3.11. The topological polar surface area (TPSA) is 35.6 Å². The fraction of sp³-hybridized carbons (Fsp3) is 0.588. The average molecular weight is 322 g/mol. The van der Waals surface area contributed by atoms with Gasteiger partial charge in [0, 0.05) is 43.8 Å². The van der Waals surface area contributed by atoms with Gasteiger partial charge < -0.3 is 10.2 Å². The van der Waals surface area contributed by atoms with Crippen LogP contribution in [0.5, 0.6) is 0 Å². The minimum atomic E-state index is 0.0467. The Morgan fingerprint density at radius 3 is 2.55 bits per heavy atom. The van der Waals surface area contributed by atoms with Crippen LogP contribution in [0.3, 0.4) is 0 Å². The Labute approximate surface area is 137 Å². The first-order valence-corrected chi connectivity index (χ1v) is 8.61. The molecule has 1 N–H and O–H groups in total. The second kappa shape index (κ2) is 7.34. The molecule has 1 aromatic rings. The van der Waals surface area contributed by atoms with E-state index < -0.39 is 0 Å². The molecule has 22 heavy (non-hydrogen) atoms. The number of halogens is 1. The van der Waals surface area contributed by atoms with E-state index in [9.17, 15) is 4.79 Å². The van der Waals surface area contributed by atoms with Gasteiger partial charge in [0.25, 0.3) is 0 Å². The molecule has 0 aromatic heterocycles. The highest BCUT2D eigenvalue weighted by Crippen LogP contribution is 2.25. The van der Waals surface area contributed by atoms with Crippen molar-refractivity contribution in [3.8, 4) is 0 Å². The standard InChI is InChI=1S/C17H24ClN3O/c18-15-7-5-14(6-8-15)13-19-17(22)21-10-2-9-20(11-12-21)16-3-1-4-16/h5-8,16H,1-4,9-13H2,(H,19,22). The number of urea groups is 1. The van der Waals surface area contributed by atoms with Crippen molar-refractivity contribution in [1.82, 2.24) is 15.1 Å². The summed E-state index contributed by atoms with van der Waals surface area (Å²) in [5.74, 6) is 0. The molecular formula is C17H24ClN3O. The second-order valence-corrected chi connectivity index (χ2v) is 6.68. The molecule has 1 heterocycles. The number of hydrogen-bond acceptors (Lipinski definition) is 2. The van der Waals surface area contributed by atoms with Crippen molar-refractivity contribution < 1.29 is 4.79 Å². The van der Waals surface area contributed by atoms with Gasteiger partial charge in [0.2, 0.25) is 0 Å². The summed E-state index contributed by atoms with van der Waals surface area (Å²) in [7, 11) is 0. The van der Waals surface area contributed by atoms with E-state index in [-0.39, 0.29) is 6.03 Å². The van der Waals surface area contributed by atoms with Gasteiger partial charge in [0.05, 0.1) is 0 Å². The van der Waals surface area contributed by atoms with E-state index in [1.165, 1.54) is 19.3 Å². The van der Waals surface area contributed by atoms with Gasteiger partial charge >= 0.3 is 6.03 Å². The van der Waals surface area contributed by atoms with Crippen LogP contribution in [0.15, 0.2) is 24.3 Å². The van der Waals surface area contributed by atoms with E-state index in [0.717, 1.165) is 49.2 Å². The number of nitrogens with one attached hydrogen (secondary N) is 1. The molecule has 120 valence electrons. The van der Waals surface area contributed by atoms with Crippen molar-refractivity contribution in [3.05, 3.63) is 34.9 Å². The quantitative estimate of drug-likeness (QED) is 0.928. The van der Waals surface area contributed by atoms with Gasteiger partial charge in [-0.1, -0.05) is 30.2 Å². The summed E-state index contributed by atoms with van der Waals surface area (Å²) in [6.07, 6.45) is 5.11. The fourth-order valence-corrected chi connectivity index (χ4v) is 3.28. The van der Waals surface area contributed by atoms with Crippen molar-refractivity contribution in [1.29, 1.82) is 0 Å². The maximum absolute atomic E-state index is 12.3. The molecule has 2 aliphatic rings. The third-order valence-electron chi connectivity index (χ3n) is 4.77. The number of carbonyl (C=O) groups is 1. The molecule has 1 saturated carbocycles. The molecule has 2 fully saturated rings. The zero-order chi connectivity index (χ0) is 15.4. The second-order valence-electron chi connectivity index (χ2n) is 6.25. The van der Waals surface area contributed by atoms with E-state index in [1.807, 2.05) is 29.2 Å². The molecule has 4 nitrogen and oxygen atoms in total. The van der Waals surface area contributed by atoms with Crippen LogP contribution in [-0.2, 0) is 6.54 Å². The van der Waals surface area contributed by atoms with Gasteiger partial charge in [-0.2, -0.15) is 0 Å². The summed E-state index contributed by atoms with van der Waals surface area (Å²) < 4.78 is 0. The Morgan fingerprint density at radius 1 is 1.09 bits per heavy atom. The average Bonchev–Trinajstić information content (AvgIpc) is 2.71. The van der Waals surface area contributed by atoms with Crippen molar-refractivity contribution in [2.24, 2.45) is 0 Å². The van der Waals surface area contributed by atoms with Gasteiger partial charge in [-0.3, -0.25) is 4.90 Å². The molecule has 2 amide bonds. The normalized spacial score (nSPS) is 20.3. The Kier molecular flexibility index (Phi) is 5.21. The Balaban J connectivity index is 1.46. The van der Waals surface area contributed by atoms with Gasteiger partial charge in [-0.05, 0) is 37.0 Å². The van der Waals surface area contributed by atoms with Gasteiger partial charge in [0.15, 0.2) is 0 Å². The molecule has 5 heteroatoms. The molecule has 0 spiro atoms. The van der Waals surface area contributed by atoms with Gasteiger partial charge in [-0.15, -0.1) is 0 Å². The highest BCUT2D eigenvalue weighted by atomic mass is 35.5. The van der Waals surface area contributed by atoms with Crippen LogP contribution >= 0.6 is 11.6 Å². The molecular weight excluding hydrogens is 298 g/mol. The third-order valence-corrected chi connectivity index (χ3v) is 5.02. The monoisotopic (exact) mass is 321 g/mol. The molecule has 0 unspecified atom stereocenters. The minimum Gasteiger partial charge on any atom is -0.334 e. The fourth-order valence-electron chi connectivity index (χ4n) is 3.15. The number of benzene rings is 1. The van der Waals surface area contributed by atoms with Crippen LogP contribution in [0.2, 0.25) is 5.02 Å². The van der Waals surface area contributed by atoms with Crippen molar-refractivity contribution >= 4 is 17.6 Å². The molecule has 1 aromatic carbocycles. The van der Waals surface area contributed by atoms with Crippen LogP contribution in [0, 0.1) is 0 Å². The molecule has 1 aliphatic heterocycles. The van der Waals surface area contributed by atoms with E-state index in [2.05, 4.69) is 10.2 Å². The lowest BCUT2D eigenvalue weighted by Crippen LogP contribution is -2.44. The van der Waals surface area contributed by atoms with E-state index in [0.29, 0.717) is 6.54 Å². The molecule has 1 aliphatic carbocycles. The van der Waals surface area contributed by atoms with Gasteiger partial charge in [0.1, 0.15) is 0 Å². The van der Waals surface area contributed by atoms with E-state index in [4.69, 9.17) is 11.6 Å². The largest absolute Gasteiger partial charge is 0.334 e. The zero-order valence-electron chi connectivity index (χ0n) is 12.9. The predicted molar refractivity (Wildman–Crippen MR) is 89.1 cm³/mol. The first-order valence-electron chi connectivity index (χ1n) is 8.23. The Bertz CT molecular complexity index is 501. The highest BCUT2D eigenvalue weighted by Gasteiger charge is 2.27. The molecule has 1 saturated heterocycles. The van der Waals surface area contributed by atoms with Crippen LogP contribution in [0.1, 0.15) is 31.2 Å². The Morgan fingerprint density at radius 2 is 1.86 bits per heavy atom. The summed E-state index contributed by atoms with van der Waals surface area (Å²) in [6, 6.07) is 8.42. The highest BCUT2D eigenvalue weighted by molar-refractivity contribution is 6.30. The number of hydrogen-bond donors (Lipinski definition) is 1. The summed E-state index contributed by atoms with van der Waals surface area (Å²) in [5.41, 5.74) is 1.07. The number of nitrogens with zero attached hydrogens (tertiary/aromatic N) is 2. The van der Waals surface area contributed by atoms with Crippen LogP contribution in [0.25, 0.3) is 0 Å². The Hall–Kier alpha value is -1.26. The summed E-state index contributed by atoms with van der Waals surface area (Å²) in [5, 5.41) is 3.73. The van der Waals surface area contributed by atoms with Crippen LogP contribution in [0.4, 0.5) is 4.79 Å². The first-order chi connectivity index (χ1) is 10.7. The smallest absolute Gasteiger partial charge is 0.317 e. The van der Waals surface area contributed by atoms with Crippen LogP contribution in [-0.4, -0.2) is 48.1 Å². The van der Waals surface area contributed by atoms with Crippen LogP contribution < -0.4 is 5.32 Å². The lowest BCUT2D eigenvalue weighted by Gasteiger charge is -2.36. The summed E-state index contributed by atoms with van der Waals surface area (Å²) in [4.78, 5) is 16.8. The van der Waals surface area contributed by atoms with Gasteiger partial charge in [-0.25, -0.2) is 4.79 Å². The number of carbonyl (C=O) groups excluding carboxylic acids is 1. The minimum absolute atomic E-state index is 0.0467. The maximum Gasteiger partial charge on any atom is 0.317 e. The maximum atomic E-state index is 12.3. The molecule has 0 radical (unpaired) electrons. The molecule has 0 atom stereocenters. The number of amides is 2. The molecule has 0 bridgehead atoms. The van der Waals surface area contributed by atoms with E-state index in [1.54, 1.807) is 0 Å². The van der Waals surface area contributed by atoms with Crippen molar-refractivity contribution in [2.45, 2.75) is 38.3 Å². The van der Waals surface area contributed by atoms with Crippen molar-refractivity contribution in [3.63, 3.8) is 0 Å². The summed E-state index contributed by atoms with van der Waals surface area (Å²) in [6.45, 7) is 4.39.